The minimum Gasteiger partial charge on any atom is -0.324 e. The summed E-state index contributed by atoms with van der Waals surface area (Å²) in [4.78, 5) is 33.4. The van der Waals surface area contributed by atoms with Crippen LogP contribution in [0.3, 0.4) is 0 Å². The van der Waals surface area contributed by atoms with Gasteiger partial charge in [0.15, 0.2) is 5.54 Å². The Morgan fingerprint density at radius 1 is 1.03 bits per heavy atom. The Kier molecular flexibility index (Phi) is 6.55. The van der Waals surface area contributed by atoms with Crippen LogP contribution >= 0.6 is 0 Å². The molecule has 35 heavy (non-hydrogen) atoms. The number of nitrogens with one attached hydrogen (secondary N) is 2. The summed E-state index contributed by atoms with van der Waals surface area (Å²) in [5, 5.41) is 22.7. The lowest BCUT2D eigenvalue weighted by atomic mass is 9.91. The molecule has 2 aromatic carbocycles. The van der Waals surface area contributed by atoms with Crippen molar-refractivity contribution >= 4 is 28.9 Å². The number of carbonyl (C=O) groups excluding carboxylic acids is 2. The first kappa shape index (κ1) is 25.6. The molecule has 0 fully saturated rings. The van der Waals surface area contributed by atoms with Crippen molar-refractivity contribution in [2.24, 2.45) is 10.2 Å². The zero-order chi connectivity index (χ0) is 26.2. The molecule has 2 unspecified atom stereocenters. The Morgan fingerprint density at radius 2 is 1.63 bits per heavy atom. The molecule has 0 aliphatic carbocycles. The molecular formula is C20H15F6N5O4. The number of nitro benzene ring substituents is 1. The topological polar surface area (TPSA) is 126 Å². The lowest BCUT2D eigenvalue weighted by Crippen LogP contribution is -2.37. The monoisotopic (exact) mass is 503 g/mol. The van der Waals surface area contributed by atoms with Crippen molar-refractivity contribution < 1.29 is 40.9 Å². The molecule has 0 radical (unpaired) electrons. The number of azo groups is 1. The number of hydrogen-bond donors (Lipinski definition) is 2. The maximum Gasteiger partial charge on any atom is 0.471 e. The van der Waals surface area contributed by atoms with Crippen LogP contribution in [0.1, 0.15) is 30.5 Å². The predicted octanol–water partition coefficient (Wildman–Crippen LogP) is 5.41. The Hall–Kier alpha value is -4.04. The summed E-state index contributed by atoms with van der Waals surface area (Å²) < 4.78 is 76.6. The second kappa shape index (κ2) is 8.96. The lowest BCUT2D eigenvalue weighted by molar-refractivity contribution is -0.388. The third kappa shape index (κ3) is 5.73. The van der Waals surface area contributed by atoms with Gasteiger partial charge in [-0.25, -0.2) is 0 Å². The molecule has 2 N–H and O–H groups in total. The van der Waals surface area contributed by atoms with Crippen molar-refractivity contribution in [3.63, 3.8) is 0 Å². The van der Waals surface area contributed by atoms with E-state index in [0.717, 1.165) is 6.07 Å². The number of nitro groups is 1. The fourth-order valence-corrected chi connectivity index (χ4v) is 3.23. The van der Waals surface area contributed by atoms with E-state index in [2.05, 4.69) is 15.5 Å². The van der Waals surface area contributed by atoms with Crippen molar-refractivity contribution in [3.05, 3.63) is 63.7 Å². The summed E-state index contributed by atoms with van der Waals surface area (Å²) >= 11 is 0. The molecule has 15 heteroatoms. The molecule has 2 atom stereocenters. The molecule has 0 bridgehead atoms. The maximum absolute atomic E-state index is 13.2. The van der Waals surface area contributed by atoms with Crippen molar-refractivity contribution in [3.8, 4) is 0 Å². The predicted molar refractivity (Wildman–Crippen MR) is 108 cm³/mol. The third-order valence-electron chi connectivity index (χ3n) is 5.07. The quantitative estimate of drug-likeness (QED) is 0.321. The highest BCUT2D eigenvalue weighted by Crippen LogP contribution is 2.40. The normalized spacial score (nSPS) is 19.9. The third-order valence-corrected chi connectivity index (χ3v) is 5.07. The largest absolute Gasteiger partial charge is 0.471 e. The average Bonchev–Trinajstić information content (AvgIpc) is 3.16. The van der Waals surface area contributed by atoms with Crippen LogP contribution in [-0.2, 0) is 15.8 Å². The summed E-state index contributed by atoms with van der Waals surface area (Å²) in [7, 11) is 0. The van der Waals surface area contributed by atoms with Crippen LogP contribution in [0.25, 0.3) is 0 Å². The van der Waals surface area contributed by atoms with Gasteiger partial charge in [-0.3, -0.25) is 19.7 Å². The highest BCUT2D eigenvalue weighted by molar-refractivity contribution is 5.98. The molecule has 186 valence electrons. The van der Waals surface area contributed by atoms with Gasteiger partial charge >= 0.3 is 18.3 Å². The van der Waals surface area contributed by atoms with Crippen LogP contribution in [0, 0.1) is 10.1 Å². The molecule has 1 aliphatic rings. The van der Waals surface area contributed by atoms with Crippen LogP contribution < -0.4 is 10.6 Å². The van der Waals surface area contributed by atoms with E-state index in [1.165, 1.54) is 31.2 Å². The van der Waals surface area contributed by atoms with E-state index in [4.69, 9.17) is 0 Å². The molecule has 0 saturated heterocycles. The first-order valence-electron chi connectivity index (χ1n) is 9.67. The van der Waals surface area contributed by atoms with E-state index in [0.29, 0.717) is 17.7 Å². The molecular weight excluding hydrogens is 488 g/mol. The van der Waals surface area contributed by atoms with Crippen LogP contribution in [-0.4, -0.2) is 28.5 Å². The van der Waals surface area contributed by atoms with Crippen molar-refractivity contribution in [1.29, 1.82) is 0 Å². The molecule has 3 rings (SSSR count). The first-order chi connectivity index (χ1) is 16.1. The van der Waals surface area contributed by atoms with Gasteiger partial charge in [0.25, 0.3) is 11.6 Å². The molecule has 0 spiro atoms. The molecule has 1 heterocycles. The van der Waals surface area contributed by atoms with E-state index >= 15 is 0 Å². The number of anilines is 2. The van der Waals surface area contributed by atoms with Crippen LogP contribution in [0.5, 0.6) is 0 Å². The van der Waals surface area contributed by atoms with Gasteiger partial charge in [-0.15, -0.1) is 0 Å². The number of carbonyl (C=O) groups is 2. The molecule has 9 nitrogen and oxygen atoms in total. The van der Waals surface area contributed by atoms with Crippen molar-refractivity contribution in [2.45, 2.75) is 37.3 Å². The standard InChI is InChI=1S/C20H15F6N5O4/c1-18(16(32)28-12-6-7-15(31(34)35)13(8-12)19(21,22)23)9-14(29-30-18)10-2-4-11(5-3-10)27-17(33)20(24,25)26/h2-8,14H,9H2,1H3,(H,27,33)(H,28,32). The van der Waals surface area contributed by atoms with Gasteiger partial charge in [0, 0.05) is 23.9 Å². The van der Waals surface area contributed by atoms with Gasteiger partial charge in [0.05, 0.1) is 11.0 Å². The van der Waals surface area contributed by atoms with Crippen molar-refractivity contribution in [1.82, 2.24) is 0 Å². The molecule has 0 saturated carbocycles. The van der Waals surface area contributed by atoms with E-state index in [9.17, 15) is 46.0 Å². The van der Waals surface area contributed by atoms with Gasteiger partial charge in [-0.05, 0) is 36.8 Å². The Labute approximate surface area is 192 Å². The second-order valence-electron chi connectivity index (χ2n) is 7.72. The van der Waals surface area contributed by atoms with E-state index in [-0.39, 0.29) is 17.8 Å². The molecule has 2 aromatic rings. The lowest BCUT2D eigenvalue weighted by Gasteiger charge is -2.20. The van der Waals surface area contributed by atoms with E-state index in [1.54, 1.807) is 5.32 Å². The number of halogens is 6. The van der Waals surface area contributed by atoms with E-state index in [1.807, 2.05) is 0 Å². The van der Waals surface area contributed by atoms with Gasteiger partial charge < -0.3 is 10.6 Å². The number of amides is 2. The van der Waals surface area contributed by atoms with Crippen LogP contribution in [0.2, 0.25) is 0 Å². The smallest absolute Gasteiger partial charge is 0.324 e. The Balaban J connectivity index is 1.71. The summed E-state index contributed by atoms with van der Waals surface area (Å²) in [5.74, 6) is -2.96. The fourth-order valence-electron chi connectivity index (χ4n) is 3.23. The number of hydrogen-bond acceptors (Lipinski definition) is 6. The Morgan fingerprint density at radius 3 is 2.17 bits per heavy atom. The number of nitrogens with zero attached hydrogens (tertiary/aromatic N) is 3. The number of benzene rings is 2. The highest BCUT2D eigenvalue weighted by Gasteiger charge is 2.43. The zero-order valence-electron chi connectivity index (χ0n) is 17.6. The number of alkyl halides is 6. The highest BCUT2D eigenvalue weighted by atomic mass is 19.4. The zero-order valence-corrected chi connectivity index (χ0v) is 17.6. The number of rotatable bonds is 5. The second-order valence-corrected chi connectivity index (χ2v) is 7.72. The summed E-state index contributed by atoms with van der Waals surface area (Å²) in [6.45, 7) is 1.37. The van der Waals surface area contributed by atoms with Gasteiger partial charge in [0.1, 0.15) is 5.56 Å². The SMILES string of the molecule is CC1(C(=O)Nc2ccc([N+](=O)[O-])c(C(F)(F)F)c2)CC(c2ccc(NC(=O)C(F)(F)F)cc2)N=N1. The van der Waals surface area contributed by atoms with Crippen LogP contribution in [0.15, 0.2) is 52.7 Å². The summed E-state index contributed by atoms with van der Waals surface area (Å²) in [6, 6.07) is 6.50. The van der Waals surface area contributed by atoms with Gasteiger partial charge in [0.2, 0.25) is 0 Å². The Bertz CT molecular complexity index is 1200. The van der Waals surface area contributed by atoms with E-state index < -0.39 is 51.9 Å². The summed E-state index contributed by atoms with van der Waals surface area (Å²) in [6.07, 6.45) is -10.1. The fraction of sp³-hybridized carbons (Fsp3) is 0.300. The minimum absolute atomic E-state index is 0.0216. The van der Waals surface area contributed by atoms with Gasteiger partial charge in [-0.2, -0.15) is 36.6 Å². The average molecular weight is 503 g/mol. The molecule has 2 amide bonds. The maximum atomic E-state index is 13.2. The molecule has 1 aliphatic heterocycles. The van der Waals surface area contributed by atoms with Crippen LogP contribution in [0.4, 0.5) is 43.4 Å². The molecule has 0 aromatic heterocycles. The van der Waals surface area contributed by atoms with Gasteiger partial charge in [-0.1, -0.05) is 12.1 Å². The first-order valence-corrected chi connectivity index (χ1v) is 9.67. The van der Waals surface area contributed by atoms with Crippen molar-refractivity contribution in [2.75, 3.05) is 10.6 Å². The minimum atomic E-state index is -5.06. The summed E-state index contributed by atoms with van der Waals surface area (Å²) in [5.41, 5.74) is -4.20.